The average Bonchev–Trinajstić information content (AvgIpc) is 3.86. The van der Waals surface area contributed by atoms with E-state index in [2.05, 4.69) is 54.7 Å². The van der Waals surface area contributed by atoms with Crippen LogP contribution in [0.2, 0.25) is 0 Å². The minimum atomic E-state index is -0.629. The van der Waals surface area contributed by atoms with Crippen LogP contribution in [0, 0.1) is 68.0 Å². The molecule has 0 aliphatic heterocycles. The molecule has 12 heteroatoms. The Morgan fingerprint density at radius 3 is 1.33 bits per heavy atom. The zero-order valence-electron chi connectivity index (χ0n) is 43.1. The number of Topliss-reactive ketones (excluding diaryl/α,β-unsaturated/α-hetero) is 2. The lowest BCUT2D eigenvalue weighted by Gasteiger charge is -2.61. The Morgan fingerprint density at radius 2 is 1.00 bits per heavy atom. The quantitative estimate of drug-likeness (QED) is 0.120. The average molecular weight is 1000 g/mol. The van der Waals surface area contributed by atoms with Gasteiger partial charge in [0, 0.05) is 68.9 Å². The van der Waals surface area contributed by atoms with Crippen LogP contribution >= 0.6 is 23.5 Å². The van der Waals surface area contributed by atoms with E-state index in [9.17, 15) is 29.4 Å². The molecule has 8 aliphatic rings. The number of aliphatic hydroxyl groups excluding tert-OH is 2. The SMILES string of the molecule is C.C=C[C@]1(C)C[C@@H](OC(=O)CS[C@@H]2CCC[C@H](N)C2)[C@]2(C)C(C)CCC3(CCC(=O)C32)[C@@H](C)C1O.C=C[C@]1(C)C[C@@H](OC(=O)CS[C@H]2CCC[C@H](N)C2)[C@]2(C)C(C)CCC3(CCC(=O)C32)[C@@H](C)C1O. The highest BCUT2D eigenvalue weighted by Crippen LogP contribution is 2.69. The molecule has 8 rings (SSSR count). The highest BCUT2D eigenvalue weighted by molar-refractivity contribution is 8.00. The highest BCUT2D eigenvalue weighted by Gasteiger charge is 2.70. The van der Waals surface area contributed by atoms with Gasteiger partial charge < -0.3 is 31.2 Å². The Labute approximate surface area is 425 Å². The molecule has 6 N–H and O–H groups in total. The number of hydrogen-bond donors (Lipinski definition) is 4. The van der Waals surface area contributed by atoms with Gasteiger partial charge in [0.1, 0.15) is 23.8 Å². The summed E-state index contributed by atoms with van der Waals surface area (Å²) in [5.41, 5.74) is 9.74. The maximum absolute atomic E-state index is 13.5. The maximum atomic E-state index is 13.5. The van der Waals surface area contributed by atoms with Crippen molar-refractivity contribution in [1.82, 2.24) is 0 Å². The lowest BCUT2D eigenvalue weighted by molar-refractivity contribution is -0.205. The van der Waals surface area contributed by atoms with Crippen molar-refractivity contribution < 1.29 is 38.9 Å². The van der Waals surface area contributed by atoms with Crippen LogP contribution in [-0.2, 0) is 28.7 Å². The van der Waals surface area contributed by atoms with Crippen molar-refractivity contribution in [3.8, 4) is 0 Å². The number of ketones is 2. The van der Waals surface area contributed by atoms with Gasteiger partial charge in [0.25, 0.3) is 0 Å². The fourth-order valence-electron chi connectivity index (χ4n) is 16.4. The second-order valence-corrected chi connectivity index (χ2v) is 27.4. The molecule has 8 unspecified atom stereocenters. The van der Waals surface area contributed by atoms with E-state index in [0.29, 0.717) is 59.3 Å². The van der Waals surface area contributed by atoms with E-state index < -0.39 is 46.1 Å². The molecular formula is C57H94N2O8S2. The third kappa shape index (κ3) is 10.2. The lowest BCUT2D eigenvalue weighted by Crippen LogP contribution is -2.63. The van der Waals surface area contributed by atoms with E-state index in [1.165, 1.54) is 0 Å². The van der Waals surface area contributed by atoms with Crippen LogP contribution < -0.4 is 11.5 Å². The number of carbonyl (C=O) groups is 4. The molecule has 0 radical (unpaired) electrons. The summed E-state index contributed by atoms with van der Waals surface area (Å²) in [7, 11) is 0. The van der Waals surface area contributed by atoms with Gasteiger partial charge >= 0.3 is 11.9 Å². The molecule has 0 spiro atoms. The Balaban J connectivity index is 0.000000224. The van der Waals surface area contributed by atoms with Gasteiger partial charge in [-0.15, -0.1) is 36.7 Å². The molecule has 0 aromatic rings. The van der Waals surface area contributed by atoms with Gasteiger partial charge in [-0.05, 0) is 124 Å². The number of hydrogen-bond acceptors (Lipinski definition) is 12. The smallest absolute Gasteiger partial charge is 0.316 e. The first kappa shape index (κ1) is 56.6. The number of carbonyl (C=O) groups excluding carboxylic acids is 4. The van der Waals surface area contributed by atoms with Crippen LogP contribution in [0.25, 0.3) is 0 Å². The van der Waals surface area contributed by atoms with Gasteiger partial charge in [0.2, 0.25) is 0 Å². The second kappa shape index (κ2) is 21.6. The maximum Gasteiger partial charge on any atom is 0.316 e. The first-order chi connectivity index (χ1) is 31.9. The Morgan fingerprint density at radius 1 is 0.638 bits per heavy atom. The van der Waals surface area contributed by atoms with Crippen LogP contribution in [0.15, 0.2) is 25.3 Å². The fraction of sp³-hybridized carbons (Fsp3) is 0.860. The summed E-state index contributed by atoms with van der Waals surface area (Å²) in [6.45, 7) is 25.3. The third-order valence-corrected chi connectivity index (χ3v) is 24.0. The lowest BCUT2D eigenvalue weighted by atomic mass is 9.44. The molecule has 0 heterocycles. The van der Waals surface area contributed by atoms with Gasteiger partial charge in [-0.3, -0.25) is 19.2 Å². The summed E-state index contributed by atoms with van der Waals surface area (Å²) in [6, 6.07) is 0.460. The van der Waals surface area contributed by atoms with Crippen LogP contribution in [0.4, 0.5) is 0 Å². The summed E-state index contributed by atoms with van der Waals surface area (Å²) in [6.07, 6.45) is 17.7. The summed E-state index contributed by atoms with van der Waals surface area (Å²) in [5, 5.41) is 24.0. The molecule has 0 aromatic heterocycles. The minimum absolute atomic E-state index is 0. The molecule has 8 aliphatic carbocycles. The van der Waals surface area contributed by atoms with Gasteiger partial charge in [-0.2, -0.15) is 0 Å². The zero-order chi connectivity index (χ0) is 49.8. The van der Waals surface area contributed by atoms with Crippen LogP contribution in [0.1, 0.15) is 178 Å². The molecule has 0 amide bonds. The minimum Gasteiger partial charge on any atom is -0.461 e. The van der Waals surface area contributed by atoms with E-state index in [1.54, 1.807) is 23.5 Å². The number of esters is 2. The third-order valence-electron chi connectivity index (χ3n) is 21.4. The zero-order valence-corrected chi connectivity index (χ0v) is 44.7. The number of rotatable bonds is 10. The first-order valence-electron chi connectivity index (χ1n) is 26.8. The summed E-state index contributed by atoms with van der Waals surface area (Å²) in [5.74, 6) is 0.924. The van der Waals surface area contributed by atoms with Gasteiger partial charge in [-0.1, -0.05) is 87.8 Å². The first-order valence-corrected chi connectivity index (χ1v) is 28.9. The summed E-state index contributed by atoms with van der Waals surface area (Å²) >= 11 is 3.33. The summed E-state index contributed by atoms with van der Waals surface area (Å²) < 4.78 is 12.7. The van der Waals surface area contributed by atoms with Crippen molar-refractivity contribution >= 4 is 47.0 Å². The standard InChI is InChI=1S/2C28H45NO4S.CH4/c2*1-6-26(4)15-22(33-23(31)16-34-20-9-7-8-19(29)14-20)27(5)17(2)10-12-28(18(3)25(26)32)13-11-21(30)24(27)28;/h2*6,17-20,22,24-25,32H,1,7-16,29H2,2-5H3;1H4/t17?,18-,19-,20+,22+,24?,25?,26+,27-,28?;17?,18-,19-,20-,22+,24?,25?,26+,27-,28?;/m00./s1. The van der Waals surface area contributed by atoms with E-state index in [0.717, 1.165) is 89.9 Å². The van der Waals surface area contributed by atoms with Crippen molar-refractivity contribution in [3.63, 3.8) is 0 Å². The van der Waals surface area contributed by atoms with Gasteiger partial charge in [0.15, 0.2) is 0 Å². The molecule has 69 heavy (non-hydrogen) atoms. The Hall–Kier alpha value is -1.70. The van der Waals surface area contributed by atoms with Crippen molar-refractivity contribution in [2.45, 2.75) is 225 Å². The van der Waals surface area contributed by atoms with Crippen LogP contribution in [-0.4, -0.2) is 92.2 Å². The molecule has 8 saturated carbocycles. The second-order valence-electron chi connectivity index (χ2n) is 24.8. The monoisotopic (exact) mass is 999 g/mol. The van der Waals surface area contributed by atoms with Crippen molar-refractivity contribution in [1.29, 1.82) is 0 Å². The predicted molar refractivity (Wildman–Crippen MR) is 281 cm³/mol. The topological polar surface area (TPSA) is 179 Å². The molecule has 8 fully saturated rings. The van der Waals surface area contributed by atoms with Crippen LogP contribution in [0.3, 0.4) is 0 Å². The van der Waals surface area contributed by atoms with Crippen molar-refractivity contribution in [3.05, 3.63) is 25.3 Å². The molecule has 4 bridgehead atoms. The molecule has 0 aromatic carbocycles. The fourth-order valence-corrected chi connectivity index (χ4v) is 18.7. The summed E-state index contributed by atoms with van der Waals surface area (Å²) in [4.78, 5) is 53.3. The van der Waals surface area contributed by atoms with Crippen molar-refractivity contribution in [2.24, 2.45) is 79.5 Å². The largest absolute Gasteiger partial charge is 0.461 e. The molecule has 20 atom stereocenters. The van der Waals surface area contributed by atoms with Gasteiger partial charge in [-0.25, -0.2) is 0 Å². The normalized spacial score (nSPS) is 48.3. The highest BCUT2D eigenvalue weighted by atomic mass is 32.2. The number of thioether (sulfide) groups is 2. The number of nitrogens with two attached hydrogens (primary N) is 2. The predicted octanol–water partition coefficient (Wildman–Crippen LogP) is 10.4. The van der Waals surface area contributed by atoms with Crippen molar-refractivity contribution in [2.75, 3.05) is 11.5 Å². The van der Waals surface area contributed by atoms with E-state index in [1.807, 2.05) is 26.0 Å². The van der Waals surface area contributed by atoms with E-state index >= 15 is 0 Å². The Kier molecular flexibility index (Phi) is 17.7. The molecular weight excluding hydrogens is 905 g/mol. The number of aliphatic hydroxyl groups is 2. The molecule has 10 nitrogen and oxygen atoms in total. The van der Waals surface area contributed by atoms with Crippen LogP contribution in [0.5, 0.6) is 0 Å². The van der Waals surface area contributed by atoms with E-state index in [4.69, 9.17) is 20.9 Å². The molecule has 392 valence electrons. The van der Waals surface area contributed by atoms with E-state index in [-0.39, 0.29) is 77.8 Å². The van der Waals surface area contributed by atoms with Gasteiger partial charge in [0.05, 0.1) is 23.7 Å². The number of ether oxygens (including phenoxy) is 2. The Bertz CT molecular complexity index is 1770. The molecule has 0 saturated heterocycles.